The van der Waals surface area contributed by atoms with E-state index < -0.39 is 0 Å². The van der Waals surface area contributed by atoms with Gasteiger partial charge in [0.1, 0.15) is 0 Å². The zero-order valence-electron chi connectivity index (χ0n) is 12.2. The average Bonchev–Trinajstić information content (AvgIpc) is 2.41. The van der Waals surface area contributed by atoms with Crippen molar-refractivity contribution in [1.29, 1.82) is 0 Å². The second-order valence-electron chi connectivity index (χ2n) is 4.97. The van der Waals surface area contributed by atoms with Gasteiger partial charge in [-0.15, -0.1) is 0 Å². The predicted molar refractivity (Wildman–Crippen MR) is 85.4 cm³/mol. The number of nitrogens with one attached hydrogen (secondary N) is 2. The van der Waals surface area contributed by atoms with Crippen LogP contribution in [-0.4, -0.2) is 18.5 Å². The topological polar surface area (TPSA) is 41.1 Å². The molecule has 0 spiro atoms. The highest BCUT2D eigenvalue weighted by molar-refractivity contribution is 6.33. The van der Waals surface area contributed by atoms with Gasteiger partial charge < -0.3 is 10.6 Å². The molecule has 0 heterocycles. The van der Waals surface area contributed by atoms with Crippen LogP contribution in [0.15, 0.2) is 18.2 Å². The summed E-state index contributed by atoms with van der Waals surface area (Å²) in [6.45, 7) is 6.66. The first-order chi connectivity index (χ1) is 9.43. The third kappa shape index (κ3) is 5.70. The number of hydrogen-bond donors (Lipinski definition) is 2. The number of rotatable bonds is 7. The maximum Gasteiger partial charge on any atom is 0.221 e. The Morgan fingerprint density at radius 3 is 2.65 bits per heavy atom. The van der Waals surface area contributed by atoms with E-state index in [-0.39, 0.29) is 18.0 Å². The Balaban J connectivity index is 2.42. The molecule has 0 aromatic heterocycles. The minimum Gasteiger partial charge on any atom is -0.354 e. The summed E-state index contributed by atoms with van der Waals surface area (Å²) >= 11 is 12.1. The van der Waals surface area contributed by atoms with Crippen LogP contribution in [0.3, 0.4) is 0 Å². The van der Waals surface area contributed by atoms with Gasteiger partial charge in [0.05, 0.1) is 0 Å². The molecule has 1 aromatic rings. The molecular weight excluding hydrogens is 295 g/mol. The Bertz CT molecular complexity index is 451. The van der Waals surface area contributed by atoms with E-state index in [1.54, 1.807) is 12.1 Å². The first kappa shape index (κ1) is 17.3. The quantitative estimate of drug-likeness (QED) is 0.799. The van der Waals surface area contributed by atoms with Crippen LogP contribution >= 0.6 is 23.2 Å². The van der Waals surface area contributed by atoms with Gasteiger partial charge in [0.2, 0.25) is 5.91 Å². The Morgan fingerprint density at radius 2 is 2.00 bits per heavy atom. The van der Waals surface area contributed by atoms with Crippen molar-refractivity contribution < 1.29 is 4.79 Å². The van der Waals surface area contributed by atoms with Gasteiger partial charge in [-0.25, -0.2) is 0 Å². The molecule has 1 rings (SSSR count). The molecular formula is C15H22Cl2N2O. The van der Waals surface area contributed by atoms with Crippen LogP contribution < -0.4 is 10.6 Å². The maximum atomic E-state index is 11.7. The second-order valence-corrected chi connectivity index (χ2v) is 5.81. The van der Waals surface area contributed by atoms with Gasteiger partial charge in [-0.05, 0) is 44.0 Å². The summed E-state index contributed by atoms with van der Waals surface area (Å²) in [6.07, 6.45) is 1.39. The second kappa shape index (κ2) is 8.50. The number of hydrogen-bond acceptors (Lipinski definition) is 2. The molecule has 1 amide bonds. The van der Waals surface area contributed by atoms with Gasteiger partial charge in [-0.1, -0.05) is 30.1 Å². The van der Waals surface area contributed by atoms with Gasteiger partial charge in [0.25, 0.3) is 0 Å². The summed E-state index contributed by atoms with van der Waals surface area (Å²) in [5, 5.41) is 7.56. The van der Waals surface area contributed by atoms with Crippen molar-refractivity contribution in [1.82, 2.24) is 10.6 Å². The molecule has 0 saturated carbocycles. The highest BCUT2D eigenvalue weighted by Crippen LogP contribution is 2.25. The first-order valence-electron chi connectivity index (χ1n) is 6.91. The van der Waals surface area contributed by atoms with E-state index in [4.69, 9.17) is 23.2 Å². The molecule has 2 atom stereocenters. The van der Waals surface area contributed by atoms with E-state index in [9.17, 15) is 4.79 Å². The molecule has 0 saturated heterocycles. The monoisotopic (exact) mass is 316 g/mol. The standard InChI is InChI=1S/C15H22Cl2N2O/c1-4-10(2)19-15(20)7-8-18-11(3)13-9-12(16)5-6-14(13)17/h5-6,9-11,18H,4,7-8H2,1-3H3,(H,19,20). The lowest BCUT2D eigenvalue weighted by molar-refractivity contribution is -0.121. The highest BCUT2D eigenvalue weighted by atomic mass is 35.5. The van der Waals surface area contributed by atoms with Gasteiger partial charge in [-0.3, -0.25) is 4.79 Å². The summed E-state index contributed by atoms with van der Waals surface area (Å²) in [4.78, 5) is 11.7. The molecule has 0 aliphatic carbocycles. The molecule has 5 heteroatoms. The lowest BCUT2D eigenvalue weighted by atomic mass is 10.1. The van der Waals surface area contributed by atoms with Crippen LogP contribution in [0.5, 0.6) is 0 Å². The number of halogens is 2. The third-order valence-corrected chi connectivity index (χ3v) is 3.83. The molecule has 20 heavy (non-hydrogen) atoms. The van der Waals surface area contributed by atoms with Crippen molar-refractivity contribution in [2.45, 2.75) is 45.7 Å². The van der Waals surface area contributed by atoms with Crippen molar-refractivity contribution in [2.75, 3.05) is 6.54 Å². The zero-order valence-corrected chi connectivity index (χ0v) is 13.7. The van der Waals surface area contributed by atoms with Crippen molar-refractivity contribution in [3.8, 4) is 0 Å². The normalized spacial score (nSPS) is 13.8. The number of amides is 1. The van der Waals surface area contributed by atoms with E-state index in [1.165, 1.54) is 0 Å². The lowest BCUT2D eigenvalue weighted by Crippen LogP contribution is -2.34. The van der Waals surface area contributed by atoms with E-state index in [0.717, 1.165) is 12.0 Å². The lowest BCUT2D eigenvalue weighted by Gasteiger charge is -2.16. The molecule has 0 fully saturated rings. The summed E-state index contributed by atoms with van der Waals surface area (Å²) < 4.78 is 0. The minimum absolute atomic E-state index is 0.0533. The van der Waals surface area contributed by atoms with Gasteiger partial charge in [0.15, 0.2) is 0 Å². The number of carbonyl (C=O) groups excluding carboxylic acids is 1. The Morgan fingerprint density at radius 1 is 1.30 bits per heavy atom. The average molecular weight is 317 g/mol. The highest BCUT2D eigenvalue weighted by Gasteiger charge is 2.11. The Hall–Kier alpha value is -0.770. The van der Waals surface area contributed by atoms with Crippen LogP contribution in [0.25, 0.3) is 0 Å². The fraction of sp³-hybridized carbons (Fsp3) is 0.533. The van der Waals surface area contributed by atoms with Crippen LogP contribution in [0.2, 0.25) is 10.0 Å². The molecule has 1 aromatic carbocycles. The van der Waals surface area contributed by atoms with Gasteiger partial charge in [-0.2, -0.15) is 0 Å². The van der Waals surface area contributed by atoms with Crippen molar-refractivity contribution >= 4 is 29.1 Å². The number of carbonyl (C=O) groups is 1. The smallest absolute Gasteiger partial charge is 0.221 e. The molecule has 2 N–H and O–H groups in total. The molecule has 0 aliphatic heterocycles. The molecule has 112 valence electrons. The predicted octanol–water partition coefficient (Wildman–Crippen LogP) is 3.95. The summed E-state index contributed by atoms with van der Waals surface area (Å²) in [6, 6.07) is 5.67. The Labute approximate surface area is 131 Å². The van der Waals surface area contributed by atoms with Gasteiger partial charge >= 0.3 is 0 Å². The summed E-state index contributed by atoms with van der Waals surface area (Å²) in [5.41, 5.74) is 0.946. The van der Waals surface area contributed by atoms with Crippen molar-refractivity contribution in [2.24, 2.45) is 0 Å². The minimum atomic E-state index is 0.0533. The van der Waals surface area contributed by atoms with Crippen LogP contribution in [0, 0.1) is 0 Å². The molecule has 0 aliphatic rings. The first-order valence-corrected chi connectivity index (χ1v) is 7.67. The Kier molecular flexibility index (Phi) is 7.35. The molecule has 0 radical (unpaired) electrons. The largest absolute Gasteiger partial charge is 0.354 e. The molecule has 2 unspecified atom stereocenters. The van der Waals surface area contributed by atoms with E-state index in [0.29, 0.717) is 23.0 Å². The zero-order chi connectivity index (χ0) is 15.1. The molecule has 0 bridgehead atoms. The van der Waals surface area contributed by atoms with E-state index in [1.807, 2.05) is 26.8 Å². The fourth-order valence-corrected chi connectivity index (χ4v) is 2.27. The van der Waals surface area contributed by atoms with Crippen LogP contribution in [0.1, 0.15) is 45.2 Å². The van der Waals surface area contributed by atoms with Crippen LogP contribution in [-0.2, 0) is 4.79 Å². The van der Waals surface area contributed by atoms with Crippen LogP contribution in [0.4, 0.5) is 0 Å². The molecule has 3 nitrogen and oxygen atoms in total. The van der Waals surface area contributed by atoms with Gasteiger partial charge in [0, 0.05) is 35.1 Å². The van der Waals surface area contributed by atoms with Crippen molar-refractivity contribution in [3.63, 3.8) is 0 Å². The van der Waals surface area contributed by atoms with E-state index >= 15 is 0 Å². The number of benzene rings is 1. The van der Waals surface area contributed by atoms with Crippen molar-refractivity contribution in [3.05, 3.63) is 33.8 Å². The third-order valence-electron chi connectivity index (χ3n) is 3.25. The fourth-order valence-electron chi connectivity index (χ4n) is 1.81. The summed E-state index contributed by atoms with van der Waals surface area (Å²) in [5.74, 6) is 0.0660. The maximum absolute atomic E-state index is 11.7. The van der Waals surface area contributed by atoms with E-state index in [2.05, 4.69) is 10.6 Å². The summed E-state index contributed by atoms with van der Waals surface area (Å²) in [7, 11) is 0. The SMILES string of the molecule is CCC(C)NC(=O)CCNC(C)c1cc(Cl)ccc1Cl.